The lowest BCUT2D eigenvalue weighted by Crippen LogP contribution is -2.35. The fraction of sp³-hybridized carbons (Fsp3) is 0.583. The molecule has 1 amide bonds. The Bertz CT molecular complexity index is 356. The average Bonchev–Trinajstić information content (AvgIpc) is 2.61. The number of hydrogen-bond donors (Lipinski definition) is 2. The molecule has 1 heterocycles. The van der Waals surface area contributed by atoms with Gasteiger partial charge in [0.1, 0.15) is 5.76 Å². The molecule has 4 heteroatoms. The standard InChI is InChI=1S/C12H20N2O2/c1-9-4-5-10(16-9)11(15)14-8-12(2,3)6-7-13/h4-5H,6-8,13H2,1-3H3,(H,14,15). The zero-order valence-corrected chi connectivity index (χ0v) is 10.2. The fourth-order valence-electron chi connectivity index (χ4n) is 1.44. The summed E-state index contributed by atoms with van der Waals surface area (Å²) in [5.74, 6) is 0.936. The lowest BCUT2D eigenvalue weighted by molar-refractivity contribution is 0.0906. The Labute approximate surface area is 96.2 Å². The molecule has 0 saturated heterocycles. The second kappa shape index (κ2) is 5.16. The molecule has 0 saturated carbocycles. The van der Waals surface area contributed by atoms with Crippen LogP contribution in [-0.2, 0) is 0 Å². The molecule has 16 heavy (non-hydrogen) atoms. The highest BCUT2D eigenvalue weighted by Crippen LogP contribution is 2.18. The van der Waals surface area contributed by atoms with Crippen LogP contribution in [0.5, 0.6) is 0 Å². The van der Waals surface area contributed by atoms with Gasteiger partial charge in [0.15, 0.2) is 5.76 Å². The first kappa shape index (κ1) is 12.8. The molecule has 90 valence electrons. The van der Waals surface area contributed by atoms with Crippen molar-refractivity contribution in [3.05, 3.63) is 23.7 Å². The van der Waals surface area contributed by atoms with Crippen LogP contribution in [0.1, 0.15) is 36.6 Å². The van der Waals surface area contributed by atoms with Crippen molar-refractivity contribution in [1.82, 2.24) is 5.32 Å². The Balaban J connectivity index is 2.47. The number of carbonyl (C=O) groups excluding carboxylic acids is 1. The molecular formula is C12H20N2O2. The van der Waals surface area contributed by atoms with Crippen LogP contribution in [0.25, 0.3) is 0 Å². The van der Waals surface area contributed by atoms with Gasteiger partial charge in [-0.05, 0) is 37.4 Å². The second-order valence-electron chi connectivity index (χ2n) is 4.80. The largest absolute Gasteiger partial charge is 0.456 e. The number of nitrogens with one attached hydrogen (secondary N) is 1. The molecule has 0 unspecified atom stereocenters. The van der Waals surface area contributed by atoms with E-state index in [1.807, 2.05) is 6.92 Å². The van der Waals surface area contributed by atoms with Gasteiger partial charge in [-0.3, -0.25) is 4.79 Å². The van der Waals surface area contributed by atoms with E-state index in [1.165, 1.54) is 0 Å². The lowest BCUT2D eigenvalue weighted by Gasteiger charge is -2.23. The third kappa shape index (κ3) is 3.70. The summed E-state index contributed by atoms with van der Waals surface area (Å²) in [6.07, 6.45) is 0.879. The van der Waals surface area contributed by atoms with Gasteiger partial charge < -0.3 is 15.5 Å². The van der Waals surface area contributed by atoms with E-state index < -0.39 is 0 Å². The van der Waals surface area contributed by atoms with Gasteiger partial charge in [0.25, 0.3) is 5.91 Å². The first-order valence-corrected chi connectivity index (χ1v) is 5.49. The molecule has 0 radical (unpaired) electrons. The van der Waals surface area contributed by atoms with E-state index in [4.69, 9.17) is 10.2 Å². The third-order valence-electron chi connectivity index (χ3n) is 2.51. The molecule has 0 aliphatic carbocycles. The minimum atomic E-state index is -0.168. The highest BCUT2D eigenvalue weighted by Gasteiger charge is 2.19. The number of furan rings is 1. The van der Waals surface area contributed by atoms with E-state index in [-0.39, 0.29) is 11.3 Å². The van der Waals surface area contributed by atoms with E-state index in [0.717, 1.165) is 12.2 Å². The van der Waals surface area contributed by atoms with Crippen LogP contribution in [0.2, 0.25) is 0 Å². The van der Waals surface area contributed by atoms with Gasteiger partial charge >= 0.3 is 0 Å². The smallest absolute Gasteiger partial charge is 0.287 e. The van der Waals surface area contributed by atoms with Crippen LogP contribution in [0.3, 0.4) is 0 Å². The first-order chi connectivity index (χ1) is 7.44. The lowest BCUT2D eigenvalue weighted by atomic mass is 9.89. The van der Waals surface area contributed by atoms with E-state index in [1.54, 1.807) is 12.1 Å². The normalized spacial score (nSPS) is 11.5. The summed E-state index contributed by atoms with van der Waals surface area (Å²) in [4.78, 5) is 11.7. The summed E-state index contributed by atoms with van der Waals surface area (Å²) in [5, 5.41) is 2.85. The fourth-order valence-corrected chi connectivity index (χ4v) is 1.44. The van der Waals surface area contributed by atoms with Crippen molar-refractivity contribution >= 4 is 5.91 Å². The first-order valence-electron chi connectivity index (χ1n) is 5.49. The summed E-state index contributed by atoms with van der Waals surface area (Å²) in [6, 6.07) is 3.46. The Kier molecular flexibility index (Phi) is 4.12. The molecule has 0 aliphatic rings. The molecule has 1 aromatic heterocycles. The Morgan fingerprint density at radius 3 is 2.69 bits per heavy atom. The molecule has 0 spiro atoms. The van der Waals surface area contributed by atoms with Crippen LogP contribution < -0.4 is 11.1 Å². The number of aryl methyl sites for hydroxylation is 1. The molecule has 0 aromatic carbocycles. The molecule has 1 aromatic rings. The summed E-state index contributed by atoms with van der Waals surface area (Å²) < 4.78 is 5.23. The van der Waals surface area contributed by atoms with Crippen LogP contribution in [-0.4, -0.2) is 19.0 Å². The minimum Gasteiger partial charge on any atom is -0.456 e. The predicted octanol–water partition coefficient (Wildman–Crippen LogP) is 1.69. The van der Waals surface area contributed by atoms with Crippen molar-refractivity contribution in [2.24, 2.45) is 11.1 Å². The molecule has 0 atom stereocenters. The quantitative estimate of drug-likeness (QED) is 0.799. The summed E-state index contributed by atoms with van der Waals surface area (Å²) in [5.41, 5.74) is 5.52. The number of amides is 1. The summed E-state index contributed by atoms with van der Waals surface area (Å²) in [7, 11) is 0. The summed E-state index contributed by atoms with van der Waals surface area (Å²) in [6.45, 7) is 7.20. The highest BCUT2D eigenvalue weighted by molar-refractivity contribution is 5.91. The van der Waals surface area contributed by atoms with Crippen LogP contribution >= 0.6 is 0 Å². The van der Waals surface area contributed by atoms with E-state index >= 15 is 0 Å². The van der Waals surface area contributed by atoms with Gasteiger partial charge in [-0.15, -0.1) is 0 Å². The van der Waals surface area contributed by atoms with Crippen molar-refractivity contribution in [1.29, 1.82) is 0 Å². The molecule has 0 bridgehead atoms. The second-order valence-corrected chi connectivity index (χ2v) is 4.80. The topological polar surface area (TPSA) is 68.3 Å². The summed E-state index contributed by atoms with van der Waals surface area (Å²) >= 11 is 0. The third-order valence-corrected chi connectivity index (χ3v) is 2.51. The van der Waals surface area contributed by atoms with Gasteiger partial charge in [0, 0.05) is 6.54 Å². The Hall–Kier alpha value is -1.29. The number of nitrogens with two attached hydrogens (primary N) is 1. The van der Waals surface area contributed by atoms with E-state index in [0.29, 0.717) is 18.8 Å². The molecule has 4 nitrogen and oxygen atoms in total. The SMILES string of the molecule is Cc1ccc(C(=O)NCC(C)(C)CCN)o1. The number of carbonyl (C=O) groups is 1. The van der Waals surface area contributed by atoms with Gasteiger partial charge in [-0.2, -0.15) is 0 Å². The maximum absolute atomic E-state index is 11.7. The number of rotatable bonds is 5. The minimum absolute atomic E-state index is 0.0199. The maximum atomic E-state index is 11.7. The molecular weight excluding hydrogens is 204 g/mol. The van der Waals surface area contributed by atoms with Crippen LogP contribution in [0, 0.1) is 12.3 Å². The number of hydrogen-bond acceptors (Lipinski definition) is 3. The molecule has 3 N–H and O–H groups in total. The zero-order chi connectivity index (χ0) is 12.2. The van der Waals surface area contributed by atoms with Crippen molar-refractivity contribution in [2.45, 2.75) is 27.2 Å². The van der Waals surface area contributed by atoms with E-state index in [2.05, 4.69) is 19.2 Å². The van der Waals surface area contributed by atoms with Crippen molar-refractivity contribution in [3.8, 4) is 0 Å². The van der Waals surface area contributed by atoms with Crippen LogP contribution in [0.15, 0.2) is 16.5 Å². The van der Waals surface area contributed by atoms with Gasteiger partial charge in [0.05, 0.1) is 0 Å². The van der Waals surface area contributed by atoms with Crippen molar-refractivity contribution in [2.75, 3.05) is 13.1 Å². The van der Waals surface area contributed by atoms with Crippen molar-refractivity contribution < 1.29 is 9.21 Å². The Morgan fingerprint density at radius 1 is 1.50 bits per heavy atom. The van der Waals surface area contributed by atoms with Crippen LogP contribution in [0.4, 0.5) is 0 Å². The predicted molar refractivity (Wildman–Crippen MR) is 63.2 cm³/mol. The average molecular weight is 224 g/mol. The molecule has 0 fully saturated rings. The maximum Gasteiger partial charge on any atom is 0.287 e. The van der Waals surface area contributed by atoms with Gasteiger partial charge in [-0.25, -0.2) is 0 Å². The molecule has 1 rings (SSSR count). The zero-order valence-electron chi connectivity index (χ0n) is 10.2. The highest BCUT2D eigenvalue weighted by atomic mass is 16.3. The Morgan fingerprint density at radius 2 is 2.19 bits per heavy atom. The van der Waals surface area contributed by atoms with E-state index in [9.17, 15) is 4.79 Å². The van der Waals surface area contributed by atoms with Gasteiger partial charge in [0.2, 0.25) is 0 Å². The molecule has 0 aliphatic heterocycles. The monoisotopic (exact) mass is 224 g/mol. The van der Waals surface area contributed by atoms with Gasteiger partial charge in [-0.1, -0.05) is 13.8 Å². The van der Waals surface area contributed by atoms with Crippen molar-refractivity contribution in [3.63, 3.8) is 0 Å².